The Bertz CT molecular complexity index is 616. The highest BCUT2D eigenvalue weighted by molar-refractivity contribution is 6.06. The van der Waals surface area contributed by atoms with E-state index >= 15 is 0 Å². The molecule has 0 radical (unpaired) electrons. The average molecular weight is 196 g/mol. The van der Waals surface area contributed by atoms with Gasteiger partial charge >= 0.3 is 0 Å². The number of fused-ring (bicyclic) bond motifs is 3. The predicted octanol–water partition coefficient (Wildman–Crippen LogP) is 2.10. The van der Waals surface area contributed by atoms with Gasteiger partial charge in [-0.25, -0.2) is 0 Å². The van der Waals surface area contributed by atoms with Gasteiger partial charge in [0.05, 0.1) is 5.56 Å². The molecule has 3 nitrogen and oxygen atoms in total. The van der Waals surface area contributed by atoms with Gasteiger partial charge in [0.1, 0.15) is 11.8 Å². The number of aromatic nitrogens is 1. The first-order chi connectivity index (χ1) is 7.33. The third kappa shape index (κ3) is 0.909. The van der Waals surface area contributed by atoms with E-state index in [1.165, 1.54) is 0 Å². The summed E-state index contributed by atoms with van der Waals surface area (Å²) in [5.41, 5.74) is 2.13. The lowest BCUT2D eigenvalue weighted by atomic mass is 10.1. The number of hydrogen-bond donors (Lipinski definition) is 0. The van der Waals surface area contributed by atoms with Crippen LogP contribution in [-0.4, -0.2) is 10.4 Å². The highest BCUT2D eigenvalue weighted by atomic mass is 16.1. The molecule has 0 unspecified atom stereocenters. The van der Waals surface area contributed by atoms with E-state index in [1.807, 2.05) is 28.8 Å². The van der Waals surface area contributed by atoms with Gasteiger partial charge in [0.2, 0.25) is 0 Å². The number of ketones is 1. The Kier molecular flexibility index (Phi) is 1.49. The van der Waals surface area contributed by atoms with Gasteiger partial charge in [-0.2, -0.15) is 5.26 Å². The lowest BCUT2D eigenvalue weighted by Gasteiger charge is -1.96. The number of nitriles is 1. The Labute approximate surface area is 86.5 Å². The first kappa shape index (κ1) is 8.25. The number of hydrogen-bond acceptors (Lipinski definition) is 2. The van der Waals surface area contributed by atoms with Crippen LogP contribution in [0.25, 0.3) is 10.9 Å². The SMILES string of the molecule is N#Cc1c2n(c3ccccc13)CCC2=O. The van der Waals surface area contributed by atoms with E-state index < -0.39 is 0 Å². The van der Waals surface area contributed by atoms with E-state index in [0.717, 1.165) is 10.9 Å². The van der Waals surface area contributed by atoms with Gasteiger partial charge in [-0.05, 0) is 6.07 Å². The van der Waals surface area contributed by atoms with Crippen molar-refractivity contribution in [3.63, 3.8) is 0 Å². The summed E-state index contributed by atoms with van der Waals surface area (Å²) in [6.45, 7) is 0.705. The average Bonchev–Trinajstić information content (AvgIpc) is 2.78. The summed E-state index contributed by atoms with van der Waals surface area (Å²) >= 11 is 0. The second-order valence-electron chi connectivity index (χ2n) is 3.68. The number of rotatable bonds is 0. The lowest BCUT2D eigenvalue weighted by molar-refractivity contribution is 0.0994. The van der Waals surface area contributed by atoms with Gasteiger partial charge in [-0.15, -0.1) is 0 Å². The molecule has 0 N–H and O–H groups in total. The van der Waals surface area contributed by atoms with Crippen molar-refractivity contribution in [3.8, 4) is 6.07 Å². The van der Waals surface area contributed by atoms with Gasteiger partial charge in [0, 0.05) is 23.9 Å². The van der Waals surface area contributed by atoms with Crippen LogP contribution in [0, 0.1) is 11.3 Å². The van der Waals surface area contributed by atoms with Crippen molar-refractivity contribution in [2.24, 2.45) is 0 Å². The molecule has 3 rings (SSSR count). The second-order valence-corrected chi connectivity index (χ2v) is 3.68. The van der Waals surface area contributed by atoms with E-state index in [9.17, 15) is 4.79 Å². The molecule has 0 atom stereocenters. The number of para-hydroxylation sites is 1. The first-order valence-corrected chi connectivity index (χ1v) is 4.87. The van der Waals surface area contributed by atoms with Crippen LogP contribution in [0.15, 0.2) is 24.3 Å². The molecule has 72 valence electrons. The van der Waals surface area contributed by atoms with Crippen LogP contribution < -0.4 is 0 Å². The summed E-state index contributed by atoms with van der Waals surface area (Å²) in [4.78, 5) is 11.6. The maximum Gasteiger partial charge on any atom is 0.182 e. The van der Waals surface area contributed by atoms with Gasteiger partial charge in [-0.3, -0.25) is 4.79 Å². The van der Waals surface area contributed by atoms with Crippen molar-refractivity contribution in [3.05, 3.63) is 35.5 Å². The fraction of sp³-hybridized carbons (Fsp3) is 0.167. The maximum absolute atomic E-state index is 11.6. The van der Waals surface area contributed by atoms with E-state index in [0.29, 0.717) is 24.2 Å². The molecule has 1 aliphatic heterocycles. The summed E-state index contributed by atoms with van der Waals surface area (Å²) < 4.78 is 1.95. The van der Waals surface area contributed by atoms with Crippen molar-refractivity contribution >= 4 is 16.7 Å². The molecule has 0 aliphatic carbocycles. The molecule has 15 heavy (non-hydrogen) atoms. The summed E-state index contributed by atoms with van der Waals surface area (Å²) in [6, 6.07) is 9.81. The van der Waals surface area contributed by atoms with Crippen molar-refractivity contribution in [1.29, 1.82) is 5.26 Å². The molecule has 1 aliphatic rings. The minimum Gasteiger partial charge on any atom is -0.336 e. The van der Waals surface area contributed by atoms with Gasteiger partial charge in [0.15, 0.2) is 5.78 Å². The second kappa shape index (κ2) is 2.71. The van der Waals surface area contributed by atoms with Crippen molar-refractivity contribution in [2.45, 2.75) is 13.0 Å². The number of carbonyl (C=O) groups is 1. The van der Waals surface area contributed by atoms with E-state index in [4.69, 9.17) is 5.26 Å². The van der Waals surface area contributed by atoms with Crippen molar-refractivity contribution in [2.75, 3.05) is 0 Å². The number of Topliss-reactive ketones (excluding diaryl/α,β-unsaturated/α-hetero) is 1. The van der Waals surface area contributed by atoms with Crippen molar-refractivity contribution in [1.82, 2.24) is 4.57 Å². The molecule has 0 bridgehead atoms. The quantitative estimate of drug-likeness (QED) is 0.647. The Morgan fingerprint density at radius 2 is 2.13 bits per heavy atom. The standard InChI is InChI=1S/C12H8N2O/c13-7-9-8-3-1-2-4-10(8)14-6-5-11(15)12(9)14/h1-4H,5-6H2. The van der Waals surface area contributed by atoms with Gasteiger partial charge in [-0.1, -0.05) is 18.2 Å². The molecule has 1 aromatic heterocycles. The molecular formula is C12H8N2O. The van der Waals surface area contributed by atoms with Crippen LogP contribution in [0.5, 0.6) is 0 Å². The molecule has 0 fully saturated rings. The largest absolute Gasteiger partial charge is 0.336 e. The molecule has 0 saturated heterocycles. The zero-order valence-corrected chi connectivity index (χ0v) is 8.03. The molecule has 1 aromatic carbocycles. The van der Waals surface area contributed by atoms with Crippen LogP contribution >= 0.6 is 0 Å². The van der Waals surface area contributed by atoms with Crippen LogP contribution in [0.2, 0.25) is 0 Å². The maximum atomic E-state index is 11.6. The molecule has 0 spiro atoms. The number of aryl methyl sites for hydroxylation is 1. The summed E-state index contributed by atoms with van der Waals surface area (Å²) in [6.07, 6.45) is 0.523. The topological polar surface area (TPSA) is 45.8 Å². The summed E-state index contributed by atoms with van der Waals surface area (Å²) in [5.74, 6) is 0.0859. The van der Waals surface area contributed by atoms with Gasteiger partial charge < -0.3 is 4.57 Å². The van der Waals surface area contributed by atoms with Crippen LogP contribution in [-0.2, 0) is 6.54 Å². The van der Waals surface area contributed by atoms with Crippen molar-refractivity contribution < 1.29 is 4.79 Å². The fourth-order valence-corrected chi connectivity index (χ4v) is 2.27. The van der Waals surface area contributed by atoms with Crippen LogP contribution in [0.4, 0.5) is 0 Å². The predicted molar refractivity (Wildman–Crippen MR) is 55.6 cm³/mol. The van der Waals surface area contributed by atoms with E-state index in [-0.39, 0.29) is 5.78 Å². The molecule has 2 heterocycles. The van der Waals surface area contributed by atoms with E-state index in [2.05, 4.69) is 6.07 Å². The minimum absolute atomic E-state index is 0.0859. The third-order valence-corrected chi connectivity index (χ3v) is 2.91. The smallest absolute Gasteiger partial charge is 0.182 e. The molecule has 3 heteroatoms. The normalized spacial score (nSPS) is 14.2. The minimum atomic E-state index is 0.0859. The van der Waals surface area contributed by atoms with Crippen LogP contribution in [0.3, 0.4) is 0 Å². The molecule has 0 saturated carbocycles. The summed E-state index contributed by atoms with van der Waals surface area (Å²) in [5, 5.41) is 9.98. The highest BCUT2D eigenvalue weighted by Crippen LogP contribution is 2.30. The highest BCUT2D eigenvalue weighted by Gasteiger charge is 2.27. The Hall–Kier alpha value is -2.08. The Morgan fingerprint density at radius 1 is 1.33 bits per heavy atom. The number of nitrogens with zero attached hydrogens (tertiary/aromatic N) is 2. The molecule has 0 amide bonds. The fourth-order valence-electron chi connectivity index (χ4n) is 2.27. The molecular weight excluding hydrogens is 188 g/mol. The zero-order valence-electron chi connectivity index (χ0n) is 8.03. The Morgan fingerprint density at radius 3 is 2.93 bits per heavy atom. The Balaban J connectivity index is 2.53. The van der Waals surface area contributed by atoms with Gasteiger partial charge in [0.25, 0.3) is 0 Å². The number of carbonyl (C=O) groups excluding carboxylic acids is 1. The summed E-state index contributed by atoms with van der Waals surface area (Å²) in [7, 11) is 0. The third-order valence-electron chi connectivity index (χ3n) is 2.91. The van der Waals surface area contributed by atoms with E-state index in [1.54, 1.807) is 0 Å². The van der Waals surface area contributed by atoms with Crippen LogP contribution in [0.1, 0.15) is 22.5 Å². The first-order valence-electron chi connectivity index (χ1n) is 4.87. The zero-order chi connectivity index (χ0) is 10.4. The lowest BCUT2D eigenvalue weighted by Crippen LogP contribution is -1.95. The number of benzene rings is 1. The monoisotopic (exact) mass is 196 g/mol. The molecule has 2 aromatic rings.